The van der Waals surface area contributed by atoms with Gasteiger partial charge in [0.05, 0.1) is 12.1 Å². The van der Waals surface area contributed by atoms with Crippen LogP contribution in [0.3, 0.4) is 0 Å². The molecular formula is C28H45N5O6. The Morgan fingerprint density at radius 3 is 2.05 bits per heavy atom. The van der Waals surface area contributed by atoms with Crippen molar-refractivity contribution in [2.45, 2.75) is 116 Å². The molecule has 0 aromatic carbocycles. The number of nitrogens with zero attached hydrogens (tertiary/aromatic N) is 1. The molecule has 3 fully saturated rings. The van der Waals surface area contributed by atoms with Crippen molar-refractivity contribution in [1.82, 2.24) is 20.9 Å². The van der Waals surface area contributed by atoms with Crippen molar-refractivity contribution in [2.75, 3.05) is 6.54 Å². The van der Waals surface area contributed by atoms with Crippen molar-refractivity contribution in [2.24, 2.45) is 23.0 Å². The van der Waals surface area contributed by atoms with Gasteiger partial charge in [0.2, 0.25) is 17.6 Å². The van der Waals surface area contributed by atoms with E-state index in [0.29, 0.717) is 25.8 Å². The molecule has 39 heavy (non-hydrogen) atoms. The predicted octanol–water partition coefficient (Wildman–Crippen LogP) is 1.57. The first kappa shape index (κ1) is 30.6. The lowest BCUT2D eigenvalue weighted by Gasteiger charge is -2.36. The maximum Gasteiger partial charge on any atom is 0.316 e. The van der Waals surface area contributed by atoms with Crippen LogP contribution in [0, 0.1) is 17.3 Å². The third-order valence-electron chi connectivity index (χ3n) is 8.21. The van der Waals surface area contributed by atoms with E-state index in [0.717, 1.165) is 44.9 Å². The average Bonchev–Trinajstić information content (AvgIpc) is 3.55. The van der Waals surface area contributed by atoms with Gasteiger partial charge in [0.1, 0.15) is 12.1 Å². The third-order valence-corrected chi connectivity index (χ3v) is 8.21. The van der Waals surface area contributed by atoms with Gasteiger partial charge in [-0.3, -0.25) is 24.0 Å². The van der Waals surface area contributed by atoms with Crippen molar-refractivity contribution < 1.29 is 28.8 Å². The number of urea groups is 1. The van der Waals surface area contributed by atoms with Crippen LogP contribution in [0.2, 0.25) is 0 Å². The zero-order valence-electron chi connectivity index (χ0n) is 23.7. The molecule has 0 bridgehead atoms. The quantitative estimate of drug-likeness (QED) is 0.286. The number of Topliss-reactive ketones (excluding diaryl/α,β-unsaturated/α-hetero) is 2. The van der Waals surface area contributed by atoms with Crippen molar-refractivity contribution in [1.29, 1.82) is 0 Å². The molecule has 218 valence electrons. The van der Waals surface area contributed by atoms with Crippen molar-refractivity contribution in [3.05, 3.63) is 0 Å². The van der Waals surface area contributed by atoms with E-state index >= 15 is 0 Å². The smallest absolute Gasteiger partial charge is 0.316 e. The van der Waals surface area contributed by atoms with Crippen LogP contribution in [0.1, 0.15) is 91.9 Å². The number of likely N-dealkylation sites (tertiary alicyclic amines) is 1. The van der Waals surface area contributed by atoms with Crippen molar-refractivity contribution in [3.63, 3.8) is 0 Å². The standard InChI is InChI=1S/C28H45N5O6/c1-16(34)21(18-9-6-5-7-10-18)31-27(39)32-23(28(2,3)4)26(38)33-14-8-11-20(33)25(37)30-19(15-17-12-13-17)22(35)24(29)36/h17-21,23H,5-15H2,1-4H3,(H2,29,36)(H,30,37)(H2,31,32,39). The molecule has 11 heteroatoms. The molecule has 2 aliphatic carbocycles. The molecule has 3 aliphatic rings. The number of amides is 5. The zero-order valence-corrected chi connectivity index (χ0v) is 23.7. The predicted molar refractivity (Wildman–Crippen MR) is 144 cm³/mol. The number of nitrogens with one attached hydrogen (secondary N) is 3. The second-order valence-electron chi connectivity index (χ2n) is 12.6. The Bertz CT molecular complexity index is 966. The lowest BCUT2D eigenvalue weighted by Crippen LogP contribution is -2.61. The minimum Gasteiger partial charge on any atom is -0.363 e. The van der Waals surface area contributed by atoms with Gasteiger partial charge in [-0.05, 0) is 56.3 Å². The Morgan fingerprint density at radius 2 is 1.51 bits per heavy atom. The molecule has 4 unspecified atom stereocenters. The third kappa shape index (κ3) is 8.25. The molecule has 4 atom stereocenters. The molecule has 3 rings (SSSR count). The van der Waals surface area contributed by atoms with E-state index < -0.39 is 59.1 Å². The maximum absolute atomic E-state index is 13.8. The summed E-state index contributed by atoms with van der Waals surface area (Å²) in [7, 11) is 0. The first-order chi connectivity index (χ1) is 18.3. The summed E-state index contributed by atoms with van der Waals surface area (Å²) in [6, 6.07) is -4.00. The summed E-state index contributed by atoms with van der Waals surface area (Å²) in [5.41, 5.74) is 4.51. The van der Waals surface area contributed by atoms with E-state index in [1.807, 2.05) is 20.8 Å². The van der Waals surface area contributed by atoms with Crippen LogP contribution in [0.15, 0.2) is 0 Å². The summed E-state index contributed by atoms with van der Waals surface area (Å²) in [5.74, 6) is -2.63. The number of nitrogens with two attached hydrogens (primary N) is 1. The highest BCUT2D eigenvalue weighted by atomic mass is 16.2. The molecule has 1 saturated heterocycles. The SMILES string of the molecule is CC(=O)C(NC(=O)NC(C(=O)N1CCCC1C(=O)NC(CC1CC1)C(=O)C(N)=O)C(C)(C)C)C1CCCCC1. The Kier molecular flexibility index (Phi) is 10.1. The van der Waals surface area contributed by atoms with Gasteiger partial charge in [0, 0.05) is 6.54 Å². The number of carbonyl (C=O) groups excluding carboxylic acids is 6. The first-order valence-electron chi connectivity index (χ1n) is 14.3. The highest BCUT2D eigenvalue weighted by Gasteiger charge is 2.43. The van der Waals surface area contributed by atoms with Crippen LogP contribution in [-0.4, -0.2) is 70.9 Å². The van der Waals surface area contributed by atoms with E-state index in [1.165, 1.54) is 11.8 Å². The molecule has 0 spiro atoms. The number of primary amides is 1. The number of ketones is 2. The second-order valence-corrected chi connectivity index (χ2v) is 12.6. The molecule has 5 amide bonds. The Balaban J connectivity index is 1.70. The fourth-order valence-electron chi connectivity index (χ4n) is 5.81. The van der Waals surface area contributed by atoms with Crippen LogP contribution in [-0.2, 0) is 24.0 Å². The molecule has 1 aliphatic heterocycles. The second kappa shape index (κ2) is 12.9. The minimum absolute atomic E-state index is 0.0733. The van der Waals surface area contributed by atoms with Crippen molar-refractivity contribution in [3.8, 4) is 0 Å². The number of carbonyl (C=O) groups is 6. The fraction of sp³-hybridized carbons (Fsp3) is 0.786. The highest BCUT2D eigenvalue weighted by Crippen LogP contribution is 2.34. The Morgan fingerprint density at radius 1 is 0.872 bits per heavy atom. The fourth-order valence-corrected chi connectivity index (χ4v) is 5.81. The highest BCUT2D eigenvalue weighted by molar-refractivity contribution is 6.37. The van der Waals surface area contributed by atoms with E-state index in [1.54, 1.807) is 0 Å². The van der Waals surface area contributed by atoms with Gasteiger partial charge in [-0.1, -0.05) is 52.9 Å². The molecule has 2 saturated carbocycles. The molecule has 0 aromatic rings. The summed E-state index contributed by atoms with van der Waals surface area (Å²) in [6.07, 6.45) is 8.09. The monoisotopic (exact) mass is 547 g/mol. The lowest BCUT2D eigenvalue weighted by molar-refractivity contribution is -0.143. The van der Waals surface area contributed by atoms with E-state index in [2.05, 4.69) is 16.0 Å². The van der Waals surface area contributed by atoms with Crippen LogP contribution in [0.4, 0.5) is 4.79 Å². The normalized spacial score (nSPS) is 22.4. The number of hydrogen-bond donors (Lipinski definition) is 4. The van der Waals surface area contributed by atoms with Crippen LogP contribution in [0.5, 0.6) is 0 Å². The van der Waals surface area contributed by atoms with Gasteiger partial charge in [-0.25, -0.2) is 4.79 Å². The van der Waals surface area contributed by atoms with Gasteiger partial charge in [-0.2, -0.15) is 0 Å². The molecule has 5 N–H and O–H groups in total. The van der Waals surface area contributed by atoms with E-state index in [-0.39, 0.29) is 17.6 Å². The molecule has 11 nitrogen and oxygen atoms in total. The summed E-state index contributed by atoms with van der Waals surface area (Å²) in [4.78, 5) is 77.8. The van der Waals surface area contributed by atoms with Gasteiger partial charge >= 0.3 is 6.03 Å². The lowest BCUT2D eigenvalue weighted by atomic mass is 9.82. The van der Waals surface area contributed by atoms with Crippen molar-refractivity contribution >= 4 is 35.3 Å². The Labute approximate surface area is 230 Å². The van der Waals surface area contributed by atoms with Gasteiger partial charge in [0.15, 0.2) is 5.78 Å². The number of hydrogen-bond acceptors (Lipinski definition) is 6. The molecule has 1 heterocycles. The van der Waals surface area contributed by atoms with Crippen LogP contribution in [0.25, 0.3) is 0 Å². The summed E-state index contributed by atoms with van der Waals surface area (Å²) < 4.78 is 0. The molecule has 0 aromatic heterocycles. The number of rotatable bonds is 11. The van der Waals surface area contributed by atoms with Gasteiger partial charge in [0.25, 0.3) is 5.91 Å². The summed E-state index contributed by atoms with van der Waals surface area (Å²) in [5, 5.41) is 8.27. The summed E-state index contributed by atoms with van der Waals surface area (Å²) in [6.45, 7) is 7.26. The zero-order chi connectivity index (χ0) is 28.9. The summed E-state index contributed by atoms with van der Waals surface area (Å²) >= 11 is 0. The largest absolute Gasteiger partial charge is 0.363 e. The molecule has 0 radical (unpaired) electrons. The topological polar surface area (TPSA) is 168 Å². The van der Waals surface area contributed by atoms with E-state index in [9.17, 15) is 28.8 Å². The molecular weight excluding hydrogens is 502 g/mol. The Hall–Kier alpha value is -2.98. The maximum atomic E-state index is 13.8. The van der Waals surface area contributed by atoms with Crippen LogP contribution >= 0.6 is 0 Å². The minimum atomic E-state index is -1.10. The van der Waals surface area contributed by atoms with E-state index in [4.69, 9.17) is 5.73 Å². The first-order valence-corrected chi connectivity index (χ1v) is 14.3. The van der Waals surface area contributed by atoms with Gasteiger partial charge < -0.3 is 26.6 Å². The van der Waals surface area contributed by atoms with Gasteiger partial charge in [-0.15, -0.1) is 0 Å². The average molecular weight is 548 g/mol. The van der Waals surface area contributed by atoms with Crippen LogP contribution < -0.4 is 21.7 Å².